The number of aryl methyl sites for hydroxylation is 2. The molecule has 1 spiro atoms. The number of H-pyrrole nitrogens is 1. The number of likely N-dealkylation sites (N-methyl/N-ethyl adjacent to an activating group) is 1. The molecule has 2 aromatic carbocycles. The van der Waals surface area contributed by atoms with Crippen LogP contribution in [-0.4, -0.2) is 115 Å². The molecule has 15 nitrogen and oxygen atoms in total. The Labute approximate surface area is 351 Å². The van der Waals surface area contributed by atoms with Crippen molar-refractivity contribution in [3.05, 3.63) is 98.5 Å². The van der Waals surface area contributed by atoms with Crippen LogP contribution in [0.4, 0.5) is 4.39 Å². The first-order valence-corrected chi connectivity index (χ1v) is 21.1. The number of piperidine rings is 1. The van der Waals surface area contributed by atoms with Crippen LogP contribution in [0.1, 0.15) is 57.2 Å². The van der Waals surface area contributed by atoms with Gasteiger partial charge in [-0.05, 0) is 85.3 Å². The predicted molar refractivity (Wildman–Crippen MR) is 225 cm³/mol. The van der Waals surface area contributed by atoms with Gasteiger partial charge in [0, 0.05) is 69.2 Å². The van der Waals surface area contributed by atoms with E-state index in [1.165, 1.54) is 9.13 Å². The maximum atomic E-state index is 15.6. The summed E-state index contributed by atoms with van der Waals surface area (Å²) in [5.74, 6) is -1.12. The van der Waals surface area contributed by atoms with Gasteiger partial charge in [0.25, 0.3) is 5.91 Å². The molecular formula is C45H51FN8O7. The van der Waals surface area contributed by atoms with E-state index >= 15 is 4.39 Å². The fourth-order valence-electron chi connectivity index (χ4n) is 9.45. The Bertz CT molecular complexity index is 2570. The summed E-state index contributed by atoms with van der Waals surface area (Å²) in [6, 6.07) is 12.2. The molecule has 1 atom stereocenters. The molecule has 61 heavy (non-hydrogen) atoms. The number of carbonyl (C=O) groups excluding carboxylic acids is 3. The quantitative estimate of drug-likeness (QED) is 0.0856. The molecule has 2 saturated heterocycles. The molecular weight excluding hydrogens is 784 g/mol. The lowest BCUT2D eigenvalue weighted by molar-refractivity contribution is -0.135. The Morgan fingerprint density at radius 1 is 0.869 bits per heavy atom. The highest BCUT2D eigenvalue weighted by atomic mass is 19.1. The summed E-state index contributed by atoms with van der Waals surface area (Å²) in [7, 11) is 3.77. The van der Waals surface area contributed by atoms with Crippen LogP contribution >= 0.6 is 0 Å². The van der Waals surface area contributed by atoms with Crippen LogP contribution in [0.3, 0.4) is 0 Å². The second-order valence-corrected chi connectivity index (χ2v) is 16.7. The van der Waals surface area contributed by atoms with Gasteiger partial charge in [-0.25, -0.2) is 9.18 Å². The summed E-state index contributed by atoms with van der Waals surface area (Å²) in [6.07, 6.45) is 4.53. The van der Waals surface area contributed by atoms with Crippen molar-refractivity contribution in [2.24, 2.45) is 7.05 Å². The van der Waals surface area contributed by atoms with Gasteiger partial charge in [-0.1, -0.05) is 12.1 Å². The van der Waals surface area contributed by atoms with E-state index in [1.54, 1.807) is 19.2 Å². The number of likely N-dealkylation sites (tertiary alicyclic amines) is 1. The van der Waals surface area contributed by atoms with E-state index in [9.17, 15) is 19.2 Å². The third kappa shape index (κ3) is 7.94. The number of pyridine rings is 1. The van der Waals surface area contributed by atoms with Crippen LogP contribution in [0.25, 0.3) is 33.5 Å². The Morgan fingerprint density at radius 3 is 2.41 bits per heavy atom. The van der Waals surface area contributed by atoms with Gasteiger partial charge < -0.3 is 34.7 Å². The number of hydrogen-bond acceptors (Lipinski definition) is 10. The van der Waals surface area contributed by atoms with Gasteiger partial charge in [-0.3, -0.25) is 33.8 Å². The predicted octanol–water partition coefficient (Wildman–Crippen LogP) is 2.92. The molecule has 3 amide bonds. The smallest absolute Gasteiger partial charge is 0.329 e. The normalized spacial score (nSPS) is 18.1. The molecule has 1 aliphatic carbocycles. The van der Waals surface area contributed by atoms with Gasteiger partial charge in [0.05, 0.1) is 73.0 Å². The molecule has 3 aliphatic heterocycles. The van der Waals surface area contributed by atoms with Gasteiger partial charge in [-0.15, -0.1) is 0 Å². The number of amides is 3. The first-order chi connectivity index (χ1) is 29.6. The maximum Gasteiger partial charge on any atom is 0.329 e. The second-order valence-electron chi connectivity index (χ2n) is 16.7. The summed E-state index contributed by atoms with van der Waals surface area (Å²) >= 11 is 0. The molecule has 5 aromatic rings. The molecule has 0 bridgehead atoms. The van der Waals surface area contributed by atoms with E-state index in [0.717, 1.165) is 76.2 Å². The minimum atomic E-state index is -0.711. The second kappa shape index (κ2) is 17.1. The molecule has 0 saturated carbocycles. The molecule has 16 heteroatoms. The van der Waals surface area contributed by atoms with Crippen molar-refractivity contribution >= 4 is 28.8 Å². The first kappa shape index (κ1) is 40.9. The number of rotatable bonds is 16. The summed E-state index contributed by atoms with van der Waals surface area (Å²) in [5.41, 5.74) is 9.73. The van der Waals surface area contributed by atoms with Crippen LogP contribution < -0.4 is 21.6 Å². The van der Waals surface area contributed by atoms with Gasteiger partial charge in [0.2, 0.25) is 11.8 Å². The van der Waals surface area contributed by atoms with Gasteiger partial charge >= 0.3 is 5.69 Å². The van der Waals surface area contributed by atoms with Crippen molar-refractivity contribution in [1.29, 1.82) is 0 Å². The number of hydrogen-bond donors (Lipinski definition) is 4. The molecule has 320 valence electrons. The van der Waals surface area contributed by atoms with Gasteiger partial charge in [-0.2, -0.15) is 0 Å². The summed E-state index contributed by atoms with van der Waals surface area (Å²) in [6.45, 7) is 6.20. The molecule has 9 rings (SSSR count). The Hall–Kier alpha value is -5.52. The average molecular weight is 835 g/mol. The van der Waals surface area contributed by atoms with Gasteiger partial charge in [0.15, 0.2) is 0 Å². The van der Waals surface area contributed by atoms with Crippen molar-refractivity contribution < 1.29 is 33.0 Å². The number of nitrogens with zero attached hydrogens (tertiary/aromatic N) is 4. The fraction of sp³-hybridized carbons (Fsp3) is 0.444. The molecule has 1 unspecified atom stereocenters. The number of aromatic nitrogens is 4. The molecule has 0 radical (unpaired) electrons. The number of ether oxygens (including phenoxy) is 3. The lowest BCUT2D eigenvalue weighted by Crippen LogP contribution is -2.65. The zero-order valence-electron chi connectivity index (χ0n) is 34.5. The number of imide groups is 1. The summed E-state index contributed by atoms with van der Waals surface area (Å²) in [4.78, 5) is 60.7. The van der Waals surface area contributed by atoms with Gasteiger partial charge in [0.1, 0.15) is 11.9 Å². The highest BCUT2D eigenvalue weighted by Crippen LogP contribution is 2.45. The number of fused-ring (bicyclic) bond motifs is 7. The molecule has 4 N–H and O–H groups in total. The highest BCUT2D eigenvalue weighted by molar-refractivity contribution is 6.02. The van der Waals surface area contributed by atoms with E-state index in [4.69, 9.17) is 14.2 Å². The van der Waals surface area contributed by atoms with Crippen molar-refractivity contribution in [1.82, 2.24) is 40.0 Å². The summed E-state index contributed by atoms with van der Waals surface area (Å²) in [5, 5.41) is 8.77. The van der Waals surface area contributed by atoms with Crippen LogP contribution in [0.15, 0.2) is 53.5 Å². The number of nitrogens with one attached hydrogen (secondary N) is 4. The van der Waals surface area contributed by atoms with Crippen molar-refractivity contribution in [3.8, 4) is 22.5 Å². The standard InChI is InChI=1S/C45H51FN8O7/c1-52-25-45(26-52)24-49-43(57)39-31-7-5-29-23-48-34(21-32(29)40(31)51-41(39)45)30-6-3-28(19-33(30)46)22-47-12-14-60-16-18-61-17-15-59-13-11-27-4-8-35-37(20-27)53(2)44(58)54(35)36-9-10-38(55)50-42(36)56/h3-4,6,8,19-21,23,36,47,51H,5,7,9-18,22,24-26H2,1-2H3,(H,49,57)(H,50,55,56). The zero-order valence-corrected chi connectivity index (χ0v) is 34.5. The topological polar surface area (TPSA) is 174 Å². The number of halogens is 1. The molecule has 4 aliphatic rings. The number of benzene rings is 2. The number of aromatic amines is 1. The Kier molecular flexibility index (Phi) is 11.4. The van der Waals surface area contributed by atoms with E-state index in [-0.39, 0.29) is 35.2 Å². The maximum absolute atomic E-state index is 15.6. The third-order valence-electron chi connectivity index (χ3n) is 12.5. The lowest BCUT2D eigenvalue weighted by Gasteiger charge is -2.50. The number of carbonyl (C=O) groups is 3. The van der Waals surface area contributed by atoms with Crippen LogP contribution in [0.2, 0.25) is 0 Å². The molecule has 6 heterocycles. The largest absolute Gasteiger partial charge is 0.379 e. The minimum Gasteiger partial charge on any atom is -0.379 e. The first-order valence-electron chi connectivity index (χ1n) is 21.1. The molecule has 3 aromatic heterocycles. The Morgan fingerprint density at radius 2 is 1.64 bits per heavy atom. The third-order valence-corrected chi connectivity index (χ3v) is 12.5. The van der Waals surface area contributed by atoms with Crippen molar-refractivity contribution in [3.63, 3.8) is 0 Å². The van der Waals surface area contributed by atoms with E-state index in [1.807, 2.05) is 36.5 Å². The number of imidazole rings is 1. The fourth-order valence-corrected chi connectivity index (χ4v) is 9.45. The SMILES string of the molecule is CN1CC2(CNC(=O)c3c2[nH]c2c3CCc3cnc(-c4ccc(CNCCOCCOCCOCCc5ccc6c(c5)n(C)c(=O)n6C5CCC(=O)NC5=O)cc4F)cc3-2)C1. The summed E-state index contributed by atoms with van der Waals surface area (Å²) < 4.78 is 35.7. The van der Waals surface area contributed by atoms with E-state index in [2.05, 4.69) is 37.9 Å². The van der Waals surface area contributed by atoms with Crippen LogP contribution in [0.5, 0.6) is 0 Å². The zero-order chi connectivity index (χ0) is 42.3. The molecule has 2 fully saturated rings. The van der Waals surface area contributed by atoms with E-state index in [0.29, 0.717) is 88.9 Å². The average Bonchev–Trinajstić information content (AvgIpc) is 3.76. The van der Waals surface area contributed by atoms with Crippen LogP contribution in [-0.2, 0) is 62.1 Å². The van der Waals surface area contributed by atoms with Crippen molar-refractivity contribution in [2.45, 2.75) is 50.1 Å². The Balaban J connectivity index is 0.674. The highest BCUT2D eigenvalue weighted by Gasteiger charge is 2.50. The lowest BCUT2D eigenvalue weighted by atomic mass is 9.73. The van der Waals surface area contributed by atoms with Crippen LogP contribution in [0, 0.1) is 5.82 Å². The minimum absolute atomic E-state index is 0.0134. The monoisotopic (exact) mass is 834 g/mol. The van der Waals surface area contributed by atoms with Crippen molar-refractivity contribution in [2.75, 3.05) is 72.9 Å². The van der Waals surface area contributed by atoms with E-state index < -0.39 is 11.9 Å².